The quantitative estimate of drug-likeness (QED) is 0.0771. The van der Waals surface area contributed by atoms with Crippen LogP contribution in [0.15, 0.2) is 0 Å². The number of carbonyl (C=O) groups is 7. The van der Waals surface area contributed by atoms with E-state index in [1.807, 2.05) is 13.8 Å². The van der Waals surface area contributed by atoms with Gasteiger partial charge >= 0.3 is 5.97 Å². The Morgan fingerprint density at radius 3 is 1.82 bits per heavy atom. The number of aliphatic hydroxyl groups is 1. The Hall–Kier alpha value is -3.75. The summed E-state index contributed by atoms with van der Waals surface area (Å²) in [5, 5.41) is 32.7. The normalized spacial score (nSPS) is 15.2. The van der Waals surface area contributed by atoms with Crippen LogP contribution in [-0.4, -0.2) is 88.4 Å². The molecule has 0 aromatic heterocycles. The average molecular weight is 643 g/mol. The molecule has 15 nitrogen and oxygen atoms in total. The fraction of sp³-hybridized carbons (Fsp3) is 0.767. The first-order valence-electron chi connectivity index (χ1n) is 15.6. The van der Waals surface area contributed by atoms with Crippen LogP contribution in [0.1, 0.15) is 93.4 Å². The molecular formula is C30H54N6O9. The summed E-state index contributed by atoms with van der Waals surface area (Å²) < 4.78 is 0. The molecule has 0 fully saturated rings. The first-order chi connectivity index (χ1) is 20.9. The molecule has 0 spiro atoms. The van der Waals surface area contributed by atoms with Crippen LogP contribution in [0.3, 0.4) is 0 Å². The van der Waals surface area contributed by atoms with E-state index in [1.54, 1.807) is 34.6 Å². The van der Waals surface area contributed by atoms with Gasteiger partial charge in [0.15, 0.2) is 0 Å². The standard InChI is InChI=1S/C30H54N6O9/c1-8-18(7)27(35-23(39)11-10-12-25(41)42)30(45)34-20(14-22(31)38)28(43)33-19(13-16(3)4)21(37)15-24(40)36-26(17(5)6)29(44)32-9-2/h16-21,26-27,37H,8-15H2,1-7H3,(H2,31,38)(H,32,44)(H,33,43)(H,34,45)(H,35,39)(H,36,40)(H,41,42)/t18-,19-,20-,21?,26-,27-/m0/s1. The highest BCUT2D eigenvalue weighted by Crippen LogP contribution is 2.14. The summed E-state index contributed by atoms with van der Waals surface area (Å²) in [6, 6.07) is -4.33. The number of primary amides is 1. The highest BCUT2D eigenvalue weighted by Gasteiger charge is 2.33. The largest absolute Gasteiger partial charge is 0.481 e. The van der Waals surface area contributed by atoms with Gasteiger partial charge in [-0.2, -0.15) is 0 Å². The number of hydrogen-bond donors (Lipinski definition) is 8. The zero-order valence-electron chi connectivity index (χ0n) is 27.6. The Morgan fingerprint density at radius 1 is 0.733 bits per heavy atom. The van der Waals surface area contributed by atoms with Crippen molar-refractivity contribution in [1.82, 2.24) is 26.6 Å². The maximum Gasteiger partial charge on any atom is 0.303 e. The van der Waals surface area contributed by atoms with Gasteiger partial charge in [0.25, 0.3) is 0 Å². The van der Waals surface area contributed by atoms with Crippen molar-refractivity contribution in [2.75, 3.05) is 6.54 Å². The maximum absolute atomic E-state index is 13.4. The van der Waals surface area contributed by atoms with Crippen LogP contribution in [0.2, 0.25) is 0 Å². The molecule has 0 saturated heterocycles. The molecule has 0 saturated carbocycles. The number of carboxylic acid groups (broad SMARTS) is 1. The summed E-state index contributed by atoms with van der Waals surface area (Å²) in [5.74, 6) is -5.68. The lowest BCUT2D eigenvalue weighted by Crippen LogP contribution is -2.58. The van der Waals surface area contributed by atoms with E-state index in [1.165, 1.54) is 0 Å². The van der Waals surface area contributed by atoms with Crippen molar-refractivity contribution in [2.24, 2.45) is 23.5 Å². The minimum Gasteiger partial charge on any atom is -0.481 e. The number of likely N-dealkylation sites (N-methyl/N-ethyl adjacent to an activating group) is 1. The third kappa shape index (κ3) is 16.8. The molecule has 0 bridgehead atoms. The van der Waals surface area contributed by atoms with Crippen LogP contribution in [0.25, 0.3) is 0 Å². The lowest BCUT2D eigenvalue weighted by Gasteiger charge is -2.30. The number of carbonyl (C=O) groups excluding carboxylic acids is 6. The van der Waals surface area contributed by atoms with E-state index in [4.69, 9.17) is 10.8 Å². The third-order valence-corrected chi connectivity index (χ3v) is 7.17. The van der Waals surface area contributed by atoms with E-state index < -0.39 is 78.6 Å². The molecule has 0 radical (unpaired) electrons. The molecule has 1 unspecified atom stereocenters. The lowest BCUT2D eigenvalue weighted by atomic mass is 9.95. The molecule has 258 valence electrons. The molecule has 0 aliphatic rings. The molecule has 0 rings (SSSR count). The zero-order valence-corrected chi connectivity index (χ0v) is 27.6. The van der Waals surface area contributed by atoms with Crippen LogP contribution in [0, 0.1) is 17.8 Å². The van der Waals surface area contributed by atoms with E-state index in [0.29, 0.717) is 13.0 Å². The molecule has 0 aliphatic heterocycles. The zero-order chi connectivity index (χ0) is 34.9. The summed E-state index contributed by atoms with van der Waals surface area (Å²) in [7, 11) is 0. The first kappa shape index (κ1) is 41.2. The second-order valence-corrected chi connectivity index (χ2v) is 12.1. The van der Waals surface area contributed by atoms with Gasteiger partial charge < -0.3 is 42.5 Å². The van der Waals surface area contributed by atoms with Crippen molar-refractivity contribution < 1.29 is 43.8 Å². The van der Waals surface area contributed by atoms with Crippen LogP contribution >= 0.6 is 0 Å². The van der Waals surface area contributed by atoms with E-state index in [2.05, 4.69) is 26.6 Å². The Bertz CT molecular complexity index is 1020. The van der Waals surface area contributed by atoms with Gasteiger partial charge in [-0.15, -0.1) is 0 Å². The number of aliphatic carboxylic acids is 1. The Kier molecular flexibility index (Phi) is 19.3. The van der Waals surface area contributed by atoms with Gasteiger partial charge in [0, 0.05) is 19.4 Å². The number of carboxylic acids is 1. The van der Waals surface area contributed by atoms with Gasteiger partial charge in [-0.1, -0.05) is 48.0 Å². The average Bonchev–Trinajstić information content (AvgIpc) is 2.92. The number of amides is 6. The highest BCUT2D eigenvalue weighted by molar-refractivity contribution is 5.94. The van der Waals surface area contributed by atoms with Crippen LogP contribution in [0.4, 0.5) is 0 Å². The van der Waals surface area contributed by atoms with Crippen LogP contribution < -0.4 is 32.3 Å². The molecule has 45 heavy (non-hydrogen) atoms. The highest BCUT2D eigenvalue weighted by atomic mass is 16.4. The third-order valence-electron chi connectivity index (χ3n) is 7.17. The SMILES string of the molecule is CCNC(=O)[C@@H](NC(=O)CC(O)[C@H](CC(C)C)NC(=O)[C@H](CC(N)=O)NC(=O)[C@@H](NC(=O)CCCC(=O)O)[C@@H](C)CC)C(C)C. The lowest BCUT2D eigenvalue weighted by molar-refractivity contribution is -0.137. The van der Waals surface area contributed by atoms with Gasteiger partial charge in [0.05, 0.1) is 25.0 Å². The molecule has 6 atom stereocenters. The molecule has 0 aromatic carbocycles. The monoisotopic (exact) mass is 642 g/mol. The number of hydrogen-bond acceptors (Lipinski definition) is 8. The number of nitrogens with two attached hydrogens (primary N) is 1. The first-order valence-corrected chi connectivity index (χ1v) is 15.6. The molecule has 15 heteroatoms. The van der Waals surface area contributed by atoms with Crippen molar-refractivity contribution in [1.29, 1.82) is 0 Å². The van der Waals surface area contributed by atoms with E-state index >= 15 is 0 Å². The van der Waals surface area contributed by atoms with Gasteiger partial charge in [-0.3, -0.25) is 33.6 Å². The number of aliphatic hydroxyl groups excluding tert-OH is 1. The summed E-state index contributed by atoms with van der Waals surface area (Å²) in [6.07, 6.45) is -1.94. The summed E-state index contributed by atoms with van der Waals surface area (Å²) >= 11 is 0. The summed E-state index contributed by atoms with van der Waals surface area (Å²) in [6.45, 7) is 12.8. The molecular weight excluding hydrogens is 588 g/mol. The number of rotatable bonds is 22. The minimum atomic E-state index is -1.45. The predicted molar refractivity (Wildman–Crippen MR) is 166 cm³/mol. The van der Waals surface area contributed by atoms with E-state index in [0.717, 1.165) is 0 Å². The minimum absolute atomic E-state index is 0.0398. The van der Waals surface area contributed by atoms with Gasteiger partial charge in [0.2, 0.25) is 35.4 Å². The fourth-order valence-electron chi connectivity index (χ4n) is 4.51. The van der Waals surface area contributed by atoms with Crippen LogP contribution in [-0.2, 0) is 33.6 Å². The summed E-state index contributed by atoms with van der Waals surface area (Å²) in [5.41, 5.74) is 5.36. The summed E-state index contributed by atoms with van der Waals surface area (Å²) in [4.78, 5) is 86.8. The maximum atomic E-state index is 13.4. The van der Waals surface area contributed by atoms with E-state index in [-0.39, 0.29) is 49.3 Å². The fourth-order valence-corrected chi connectivity index (χ4v) is 4.51. The van der Waals surface area contributed by atoms with Crippen LogP contribution in [0.5, 0.6) is 0 Å². The smallest absolute Gasteiger partial charge is 0.303 e. The number of nitrogens with one attached hydrogen (secondary N) is 5. The second kappa shape index (κ2) is 21.1. The molecule has 0 aromatic rings. The van der Waals surface area contributed by atoms with E-state index in [9.17, 15) is 38.7 Å². The molecule has 6 amide bonds. The Morgan fingerprint density at radius 2 is 1.33 bits per heavy atom. The molecule has 0 aliphatic carbocycles. The van der Waals surface area contributed by atoms with Gasteiger partial charge in [-0.25, -0.2) is 0 Å². The van der Waals surface area contributed by atoms with Crippen molar-refractivity contribution in [3.05, 3.63) is 0 Å². The molecule has 9 N–H and O–H groups in total. The Labute approximate surface area is 265 Å². The Balaban J connectivity index is 5.79. The van der Waals surface area contributed by atoms with Crippen molar-refractivity contribution in [2.45, 2.75) is 124 Å². The van der Waals surface area contributed by atoms with Gasteiger partial charge in [0.1, 0.15) is 18.1 Å². The van der Waals surface area contributed by atoms with Crippen molar-refractivity contribution >= 4 is 41.4 Å². The predicted octanol–water partition coefficient (Wildman–Crippen LogP) is -0.309. The van der Waals surface area contributed by atoms with Gasteiger partial charge in [-0.05, 0) is 37.5 Å². The second-order valence-electron chi connectivity index (χ2n) is 12.1. The van der Waals surface area contributed by atoms with Crippen molar-refractivity contribution in [3.63, 3.8) is 0 Å². The van der Waals surface area contributed by atoms with Crippen molar-refractivity contribution in [3.8, 4) is 0 Å². The topological polar surface area (TPSA) is 246 Å². The molecule has 0 heterocycles.